The molecule has 6 heteroatoms. The minimum Gasteiger partial charge on any atom is -0.497 e. The molecule has 130 valence electrons. The smallest absolute Gasteiger partial charge is 0.264 e. The molecular formula is C19H20N2O3S. The van der Waals surface area contributed by atoms with Crippen LogP contribution in [0, 0.1) is 0 Å². The van der Waals surface area contributed by atoms with Crippen LogP contribution in [0.15, 0.2) is 46.6 Å². The summed E-state index contributed by atoms with van der Waals surface area (Å²) < 4.78 is 5.19. The van der Waals surface area contributed by atoms with E-state index in [0.717, 1.165) is 17.3 Å². The molecule has 2 aromatic heterocycles. The molecule has 1 amide bonds. The van der Waals surface area contributed by atoms with Crippen LogP contribution in [-0.4, -0.2) is 29.4 Å². The molecule has 0 unspecified atom stereocenters. The molecule has 0 saturated carbocycles. The number of carbonyl (C=O) groups is 1. The average Bonchev–Trinajstić information content (AvgIpc) is 3.15. The van der Waals surface area contributed by atoms with Gasteiger partial charge in [0.1, 0.15) is 5.75 Å². The van der Waals surface area contributed by atoms with Gasteiger partial charge in [-0.25, -0.2) is 0 Å². The Kier molecular flexibility index (Phi) is 5.19. The van der Waals surface area contributed by atoms with Crippen molar-refractivity contribution in [3.8, 4) is 5.75 Å². The SMILES string of the molecule is CCCN(Cc1cc2ccc(OC)cc2[nH]c1=O)C(=O)c1cccs1. The highest BCUT2D eigenvalue weighted by atomic mass is 32.1. The van der Waals surface area contributed by atoms with Crippen molar-refractivity contribution < 1.29 is 9.53 Å². The van der Waals surface area contributed by atoms with E-state index < -0.39 is 0 Å². The van der Waals surface area contributed by atoms with Gasteiger partial charge in [-0.2, -0.15) is 0 Å². The first-order valence-electron chi connectivity index (χ1n) is 8.15. The maximum atomic E-state index is 12.7. The summed E-state index contributed by atoms with van der Waals surface area (Å²) in [6, 6.07) is 11.1. The number of thiophene rings is 1. The molecule has 0 radical (unpaired) electrons. The fourth-order valence-electron chi connectivity index (χ4n) is 2.75. The summed E-state index contributed by atoms with van der Waals surface area (Å²) >= 11 is 1.42. The Labute approximate surface area is 149 Å². The Morgan fingerprint density at radius 2 is 2.12 bits per heavy atom. The number of benzene rings is 1. The summed E-state index contributed by atoms with van der Waals surface area (Å²) in [6.07, 6.45) is 0.833. The van der Waals surface area contributed by atoms with Crippen LogP contribution in [0.1, 0.15) is 28.6 Å². The number of aromatic nitrogens is 1. The second-order valence-corrected chi connectivity index (χ2v) is 6.73. The fourth-order valence-corrected chi connectivity index (χ4v) is 3.44. The molecule has 3 aromatic rings. The number of rotatable bonds is 6. The Morgan fingerprint density at radius 1 is 1.28 bits per heavy atom. The van der Waals surface area contributed by atoms with E-state index in [1.54, 1.807) is 18.1 Å². The number of hydrogen-bond donors (Lipinski definition) is 1. The van der Waals surface area contributed by atoms with Crippen LogP contribution in [0.2, 0.25) is 0 Å². The molecule has 25 heavy (non-hydrogen) atoms. The minimum absolute atomic E-state index is 0.0360. The Morgan fingerprint density at radius 3 is 2.80 bits per heavy atom. The summed E-state index contributed by atoms with van der Waals surface area (Å²) in [4.78, 5) is 30.4. The number of carbonyl (C=O) groups excluding carboxylic acids is 1. The molecule has 1 N–H and O–H groups in total. The van der Waals surface area contributed by atoms with E-state index in [1.165, 1.54) is 11.3 Å². The van der Waals surface area contributed by atoms with Crippen molar-refractivity contribution in [3.63, 3.8) is 0 Å². The molecule has 0 spiro atoms. The topological polar surface area (TPSA) is 62.4 Å². The average molecular weight is 356 g/mol. The molecule has 2 heterocycles. The monoisotopic (exact) mass is 356 g/mol. The maximum absolute atomic E-state index is 12.7. The number of methoxy groups -OCH3 is 1. The van der Waals surface area contributed by atoms with Crippen LogP contribution in [0.4, 0.5) is 0 Å². The quantitative estimate of drug-likeness (QED) is 0.733. The molecule has 0 saturated heterocycles. The molecule has 0 atom stereocenters. The number of hydrogen-bond acceptors (Lipinski definition) is 4. The predicted octanol–water partition coefficient (Wildman–Crippen LogP) is 3.65. The largest absolute Gasteiger partial charge is 0.497 e. The minimum atomic E-state index is -0.180. The zero-order chi connectivity index (χ0) is 17.8. The molecule has 0 aliphatic rings. The highest BCUT2D eigenvalue weighted by Crippen LogP contribution is 2.20. The van der Waals surface area contributed by atoms with Gasteiger partial charge in [0.2, 0.25) is 0 Å². The van der Waals surface area contributed by atoms with Crippen LogP contribution in [-0.2, 0) is 6.54 Å². The molecule has 0 bridgehead atoms. The lowest BCUT2D eigenvalue weighted by Crippen LogP contribution is -2.33. The van der Waals surface area contributed by atoms with Gasteiger partial charge in [0.25, 0.3) is 11.5 Å². The lowest BCUT2D eigenvalue weighted by atomic mass is 10.1. The summed E-state index contributed by atoms with van der Waals surface area (Å²) in [7, 11) is 1.59. The standard InChI is InChI=1S/C19H20N2O3S/c1-3-8-21(19(23)17-5-4-9-25-17)12-14-10-13-6-7-15(24-2)11-16(13)20-18(14)22/h4-7,9-11H,3,8,12H2,1-2H3,(H,20,22). The molecule has 0 fully saturated rings. The number of H-pyrrole nitrogens is 1. The van der Waals surface area contributed by atoms with Crippen LogP contribution < -0.4 is 10.3 Å². The number of nitrogens with zero attached hydrogens (tertiary/aromatic N) is 1. The Bertz CT molecular complexity index is 931. The molecule has 1 aromatic carbocycles. The van der Waals surface area contributed by atoms with E-state index in [2.05, 4.69) is 4.98 Å². The predicted molar refractivity (Wildman–Crippen MR) is 100 cm³/mol. The van der Waals surface area contributed by atoms with E-state index in [9.17, 15) is 9.59 Å². The third-order valence-electron chi connectivity index (χ3n) is 4.00. The van der Waals surface area contributed by atoms with Gasteiger partial charge < -0.3 is 14.6 Å². The van der Waals surface area contributed by atoms with E-state index in [4.69, 9.17) is 4.74 Å². The second kappa shape index (κ2) is 7.53. The van der Waals surface area contributed by atoms with Crippen LogP contribution in [0.25, 0.3) is 10.9 Å². The molecule has 0 aliphatic heterocycles. The zero-order valence-electron chi connectivity index (χ0n) is 14.2. The van der Waals surface area contributed by atoms with Crippen LogP contribution in [0.3, 0.4) is 0 Å². The van der Waals surface area contributed by atoms with Gasteiger partial charge in [0.15, 0.2) is 0 Å². The van der Waals surface area contributed by atoms with Gasteiger partial charge in [-0.3, -0.25) is 9.59 Å². The van der Waals surface area contributed by atoms with Gasteiger partial charge >= 0.3 is 0 Å². The Hall–Kier alpha value is -2.60. The van der Waals surface area contributed by atoms with Crippen molar-refractivity contribution in [2.45, 2.75) is 19.9 Å². The van der Waals surface area contributed by atoms with Gasteiger partial charge in [-0.05, 0) is 41.5 Å². The van der Waals surface area contributed by atoms with Gasteiger partial charge in [0, 0.05) is 18.2 Å². The zero-order valence-corrected chi connectivity index (χ0v) is 15.1. The molecule has 0 aliphatic carbocycles. The van der Waals surface area contributed by atoms with E-state index in [-0.39, 0.29) is 11.5 Å². The summed E-state index contributed by atoms with van der Waals surface area (Å²) in [5.74, 6) is 0.655. The third kappa shape index (κ3) is 3.74. The van der Waals surface area contributed by atoms with Crippen molar-refractivity contribution in [1.82, 2.24) is 9.88 Å². The van der Waals surface area contributed by atoms with Crippen molar-refractivity contribution in [2.75, 3.05) is 13.7 Å². The van der Waals surface area contributed by atoms with Crippen molar-refractivity contribution >= 4 is 28.1 Å². The first-order chi connectivity index (χ1) is 12.1. The van der Waals surface area contributed by atoms with E-state index in [1.807, 2.05) is 42.6 Å². The number of nitrogens with one attached hydrogen (secondary N) is 1. The number of amides is 1. The lowest BCUT2D eigenvalue weighted by molar-refractivity contribution is 0.0747. The Balaban J connectivity index is 1.92. The first kappa shape index (κ1) is 17.2. The normalized spacial score (nSPS) is 10.8. The van der Waals surface area contributed by atoms with E-state index in [0.29, 0.717) is 29.3 Å². The highest BCUT2D eigenvalue weighted by Gasteiger charge is 2.18. The number of fused-ring (bicyclic) bond motifs is 1. The van der Waals surface area contributed by atoms with E-state index >= 15 is 0 Å². The summed E-state index contributed by atoms with van der Waals surface area (Å²) in [5, 5.41) is 2.79. The van der Waals surface area contributed by atoms with Gasteiger partial charge in [-0.1, -0.05) is 13.0 Å². The van der Waals surface area contributed by atoms with Gasteiger partial charge in [-0.15, -0.1) is 11.3 Å². The first-order valence-corrected chi connectivity index (χ1v) is 9.03. The van der Waals surface area contributed by atoms with Gasteiger partial charge in [0.05, 0.1) is 24.0 Å². The summed E-state index contributed by atoms with van der Waals surface area (Å²) in [6.45, 7) is 2.92. The lowest BCUT2D eigenvalue weighted by Gasteiger charge is -2.21. The maximum Gasteiger partial charge on any atom is 0.264 e. The van der Waals surface area contributed by atoms with Crippen LogP contribution >= 0.6 is 11.3 Å². The second-order valence-electron chi connectivity index (χ2n) is 5.78. The number of ether oxygens (including phenoxy) is 1. The highest BCUT2D eigenvalue weighted by molar-refractivity contribution is 7.12. The van der Waals surface area contributed by atoms with Crippen molar-refractivity contribution in [3.05, 3.63) is 62.6 Å². The fraction of sp³-hybridized carbons (Fsp3) is 0.263. The van der Waals surface area contributed by atoms with Crippen LogP contribution in [0.5, 0.6) is 5.75 Å². The number of aromatic amines is 1. The summed E-state index contributed by atoms with van der Waals surface area (Å²) in [5.41, 5.74) is 1.12. The van der Waals surface area contributed by atoms with Crippen molar-refractivity contribution in [1.29, 1.82) is 0 Å². The molecular weight excluding hydrogens is 336 g/mol. The molecule has 3 rings (SSSR count). The van der Waals surface area contributed by atoms with Crippen molar-refractivity contribution in [2.24, 2.45) is 0 Å². The number of pyridine rings is 1. The third-order valence-corrected chi connectivity index (χ3v) is 4.86. The molecule has 5 nitrogen and oxygen atoms in total.